The molecule has 0 aromatic heterocycles. The van der Waals surface area contributed by atoms with Crippen molar-refractivity contribution in [1.82, 2.24) is 9.80 Å². The maximum atomic E-state index is 12.0. The van der Waals surface area contributed by atoms with Crippen LogP contribution in [0.25, 0.3) is 0 Å². The van der Waals surface area contributed by atoms with Gasteiger partial charge in [-0.25, -0.2) is 4.79 Å². The molecule has 0 N–H and O–H groups in total. The lowest BCUT2D eigenvalue weighted by Crippen LogP contribution is -2.56. The van der Waals surface area contributed by atoms with Gasteiger partial charge in [-0.15, -0.1) is 0 Å². The Morgan fingerprint density at radius 2 is 1.89 bits per heavy atom. The van der Waals surface area contributed by atoms with Crippen LogP contribution >= 0.6 is 0 Å². The highest BCUT2D eigenvalue weighted by atomic mass is 16.6. The molecule has 0 radical (unpaired) electrons. The van der Waals surface area contributed by atoms with Crippen molar-refractivity contribution in [2.24, 2.45) is 0 Å². The molecular weight excluding hydrogens is 232 g/mol. The number of amides is 2. The molecule has 0 aliphatic carbocycles. The number of hydrogen-bond donors (Lipinski definition) is 0. The molecule has 104 valence electrons. The zero-order valence-corrected chi connectivity index (χ0v) is 12.0. The summed E-state index contributed by atoms with van der Waals surface area (Å²) >= 11 is 0. The number of carbonyl (C=O) groups excluding carboxylic acids is 2. The third-order valence-electron chi connectivity index (χ3n) is 3.01. The van der Waals surface area contributed by atoms with Crippen molar-refractivity contribution in [2.45, 2.75) is 52.7 Å². The molecule has 0 spiro atoms. The largest absolute Gasteiger partial charge is 0.444 e. The molecule has 1 rings (SSSR count). The average molecular weight is 256 g/mol. The van der Waals surface area contributed by atoms with Crippen LogP contribution in [0.4, 0.5) is 4.79 Å². The van der Waals surface area contributed by atoms with E-state index in [-0.39, 0.29) is 18.0 Å². The lowest BCUT2D eigenvalue weighted by molar-refractivity contribution is -0.133. The minimum Gasteiger partial charge on any atom is -0.444 e. The first-order valence-electron chi connectivity index (χ1n) is 6.49. The molecule has 0 aromatic rings. The van der Waals surface area contributed by atoms with Crippen molar-refractivity contribution in [3.05, 3.63) is 0 Å². The van der Waals surface area contributed by atoms with Crippen LogP contribution in [0.2, 0.25) is 0 Å². The van der Waals surface area contributed by atoms with E-state index in [1.165, 1.54) is 0 Å². The maximum absolute atomic E-state index is 12.0. The second-order valence-corrected chi connectivity index (χ2v) is 5.70. The molecular formula is C13H24N2O3. The second-order valence-electron chi connectivity index (χ2n) is 5.70. The maximum Gasteiger partial charge on any atom is 0.410 e. The van der Waals surface area contributed by atoms with Crippen molar-refractivity contribution >= 4 is 12.0 Å². The van der Waals surface area contributed by atoms with Crippen molar-refractivity contribution < 1.29 is 14.3 Å². The molecule has 1 fully saturated rings. The van der Waals surface area contributed by atoms with Crippen LogP contribution in [-0.4, -0.2) is 53.1 Å². The third kappa shape index (κ3) is 3.89. The fourth-order valence-corrected chi connectivity index (χ4v) is 2.11. The Bertz CT molecular complexity index is 323. The number of nitrogens with zero attached hydrogens (tertiary/aromatic N) is 2. The summed E-state index contributed by atoms with van der Waals surface area (Å²) in [6.45, 7) is 10.9. The average Bonchev–Trinajstić information content (AvgIpc) is 2.25. The molecule has 0 aromatic carbocycles. The Labute approximate surface area is 109 Å². The summed E-state index contributed by atoms with van der Waals surface area (Å²) in [6, 6.07) is 0.101. The van der Waals surface area contributed by atoms with E-state index in [9.17, 15) is 9.59 Å². The number of piperazine rings is 1. The molecule has 0 bridgehead atoms. The highest BCUT2D eigenvalue weighted by molar-refractivity contribution is 5.74. The molecule has 5 nitrogen and oxygen atoms in total. The van der Waals surface area contributed by atoms with Gasteiger partial charge in [0.15, 0.2) is 0 Å². The molecule has 2 amide bonds. The lowest BCUT2D eigenvalue weighted by Gasteiger charge is -2.41. The van der Waals surface area contributed by atoms with Gasteiger partial charge in [-0.3, -0.25) is 4.79 Å². The van der Waals surface area contributed by atoms with E-state index in [2.05, 4.69) is 0 Å². The van der Waals surface area contributed by atoms with Crippen LogP contribution in [0.1, 0.15) is 41.0 Å². The minimum atomic E-state index is -0.476. The van der Waals surface area contributed by atoms with E-state index in [1.807, 2.05) is 32.6 Å². The van der Waals surface area contributed by atoms with Crippen molar-refractivity contribution in [3.63, 3.8) is 0 Å². The Balaban J connectivity index is 2.62. The summed E-state index contributed by atoms with van der Waals surface area (Å²) < 4.78 is 5.35. The monoisotopic (exact) mass is 256 g/mol. The molecule has 1 saturated heterocycles. The Hall–Kier alpha value is -1.26. The first-order valence-corrected chi connectivity index (χ1v) is 6.49. The molecule has 1 atom stereocenters. The zero-order chi connectivity index (χ0) is 13.9. The predicted octanol–water partition coefficient (Wildman–Crippen LogP) is 1.86. The molecule has 1 aliphatic rings. The van der Waals surface area contributed by atoms with E-state index in [0.29, 0.717) is 19.6 Å². The fourth-order valence-electron chi connectivity index (χ4n) is 2.11. The summed E-state index contributed by atoms with van der Waals surface area (Å²) in [5, 5.41) is 0. The Morgan fingerprint density at radius 3 is 2.33 bits per heavy atom. The normalized spacial score (nSPS) is 20.8. The molecule has 0 unspecified atom stereocenters. The van der Waals surface area contributed by atoms with Crippen LogP contribution in [0, 0.1) is 0 Å². The SMILES string of the molecule is CC[C@@H]1CN(C(=O)OC(C)(C)C)CCN1C(C)=O. The number of ether oxygens (including phenoxy) is 1. The fraction of sp³-hybridized carbons (Fsp3) is 0.846. The van der Waals surface area contributed by atoms with E-state index < -0.39 is 5.60 Å². The van der Waals surface area contributed by atoms with Gasteiger partial charge in [0.25, 0.3) is 0 Å². The summed E-state index contributed by atoms with van der Waals surface area (Å²) in [5.41, 5.74) is -0.476. The summed E-state index contributed by atoms with van der Waals surface area (Å²) in [6.07, 6.45) is 0.558. The van der Waals surface area contributed by atoms with Gasteiger partial charge in [-0.05, 0) is 27.2 Å². The van der Waals surface area contributed by atoms with Gasteiger partial charge >= 0.3 is 6.09 Å². The minimum absolute atomic E-state index is 0.0747. The highest BCUT2D eigenvalue weighted by Crippen LogP contribution is 2.16. The van der Waals surface area contributed by atoms with Gasteiger partial charge in [-0.1, -0.05) is 6.92 Å². The van der Waals surface area contributed by atoms with Crippen LogP contribution in [0.5, 0.6) is 0 Å². The topological polar surface area (TPSA) is 49.9 Å². The van der Waals surface area contributed by atoms with Gasteiger partial charge in [0.2, 0.25) is 5.91 Å². The number of carbonyl (C=O) groups is 2. The Morgan fingerprint density at radius 1 is 1.28 bits per heavy atom. The Kier molecular flexibility index (Phi) is 4.59. The van der Waals surface area contributed by atoms with Crippen LogP contribution in [0.15, 0.2) is 0 Å². The first kappa shape index (κ1) is 14.8. The van der Waals surface area contributed by atoms with Crippen LogP contribution in [0.3, 0.4) is 0 Å². The third-order valence-corrected chi connectivity index (χ3v) is 3.01. The lowest BCUT2D eigenvalue weighted by atomic mass is 10.1. The van der Waals surface area contributed by atoms with Crippen molar-refractivity contribution in [3.8, 4) is 0 Å². The zero-order valence-electron chi connectivity index (χ0n) is 12.0. The summed E-state index contributed by atoms with van der Waals surface area (Å²) in [4.78, 5) is 26.9. The van der Waals surface area contributed by atoms with Crippen molar-refractivity contribution in [2.75, 3.05) is 19.6 Å². The molecule has 1 heterocycles. The van der Waals surface area contributed by atoms with E-state index >= 15 is 0 Å². The van der Waals surface area contributed by atoms with Gasteiger partial charge in [-0.2, -0.15) is 0 Å². The molecule has 5 heteroatoms. The highest BCUT2D eigenvalue weighted by Gasteiger charge is 2.31. The predicted molar refractivity (Wildman–Crippen MR) is 69.3 cm³/mol. The van der Waals surface area contributed by atoms with Gasteiger partial charge in [0.05, 0.1) is 0 Å². The van der Waals surface area contributed by atoms with E-state index in [1.54, 1.807) is 11.8 Å². The van der Waals surface area contributed by atoms with E-state index in [4.69, 9.17) is 4.74 Å². The summed E-state index contributed by atoms with van der Waals surface area (Å²) in [5.74, 6) is 0.0747. The second kappa shape index (κ2) is 5.59. The van der Waals surface area contributed by atoms with Crippen LogP contribution in [-0.2, 0) is 9.53 Å². The van der Waals surface area contributed by atoms with Gasteiger partial charge < -0.3 is 14.5 Å². The van der Waals surface area contributed by atoms with Gasteiger partial charge in [0, 0.05) is 32.6 Å². The number of hydrogen-bond acceptors (Lipinski definition) is 3. The van der Waals surface area contributed by atoms with Gasteiger partial charge in [0.1, 0.15) is 5.60 Å². The molecule has 0 saturated carbocycles. The standard InChI is InChI=1S/C13H24N2O3/c1-6-11-9-14(7-8-15(11)10(2)16)12(17)18-13(3,4)5/h11H,6-9H2,1-5H3/t11-/m1/s1. The van der Waals surface area contributed by atoms with Crippen molar-refractivity contribution in [1.29, 1.82) is 0 Å². The molecule has 18 heavy (non-hydrogen) atoms. The summed E-state index contributed by atoms with van der Waals surface area (Å²) in [7, 11) is 0. The smallest absolute Gasteiger partial charge is 0.410 e. The molecule has 1 aliphatic heterocycles. The number of rotatable bonds is 1. The first-order chi connectivity index (χ1) is 8.24. The van der Waals surface area contributed by atoms with E-state index in [0.717, 1.165) is 6.42 Å². The van der Waals surface area contributed by atoms with Crippen LogP contribution < -0.4 is 0 Å². The quantitative estimate of drug-likeness (QED) is 0.719.